The van der Waals surface area contributed by atoms with Gasteiger partial charge < -0.3 is 15.5 Å². The number of benzene rings is 1. The molecule has 1 aromatic heterocycles. The molecule has 0 aliphatic rings. The lowest BCUT2D eigenvalue weighted by Crippen LogP contribution is -2.38. The van der Waals surface area contributed by atoms with Crippen molar-refractivity contribution in [2.24, 2.45) is 5.73 Å². The molecular formula is C14H21N3O2. The van der Waals surface area contributed by atoms with Crippen LogP contribution in [0.3, 0.4) is 0 Å². The van der Waals surface area contributed by atoms with Crippen molar-refractivity contribution >= 4 is 11.1 Å². The summed E-state index contributed by atoms with van der Waals surface area (Å²) in [6.07, 6.45) is 0. The number of nitrogens with two attached hydrogens (primary N) is 1. The smallest absolute Gasteiger partial charge is 0.408 e. The van der Waals surface area contributed by atoms with Crippen LogP contribution in [-0.2, 0) is 5.41 Å². The van der Waals surface area contributed by atoms with E-state index >= 15 is 0 Å². The van der Waals surface area contributed by atoms with E-state index in [1.54, 1.807) is 0 Å². The van der Waals surface area contributed by atoms with Gasteiger partial charge in [0.2, 0.25) is 0 Å². The fourth-order valence-electron chi connectivity index (χ4n) is 2.08. The summed E-state index contributed by atoms with van der Waals surface area (Å²) < 4.78 is 5.09. The van der Waals surface area contributed by atoms with Gasteiger partial charge in [-0.3, -0.25) is 4.98 Å². The van der Waals surface area contributed by atoms with Crippen molar-refractivity contribution < 1.29 is 4.42 Å². The topological polar surface area (TPSA) is 84.0 Å². The largest absolute Gasteiger partial charge is 0.417 e. The molecule has 19 heavy (non-hydrogen) atoms. The average molecular weight is 263 g/mol. The van der Waals surface area contributed by atoms with Gasteiger partial charge in [0.25, 0.3) is 0 Å². The highest BCUT2D eigenvalue weighted by molar-refractivity contribution is 5.73. The number of rotatable bonds is 5. The zero-order valence-corrected chi connectivity index (χ0v) is 11.6. The van der Waals surface area contributed by atoms with Gasteiger partial charge in [0, 0.05) is 24.5 Å². The summed E-state index contributed by atoms with van der Waals surface area (Å²) in [4.78, 5) is 13.8. The van der Waals surface area contributed by atoms with Crippen molar-refractivity contribution in [1.29, 1.82) is 0 Å². The lowest BCUT2D eigenvalue weighted by molar-refractivity contribution is 0.458. The van der Waals surface area contributed by atoms with Crippen LogP contribution in [0.2, 0.25) is 0 Å². The number of oxazole rings is 1. The second-order valence-electron chi connectivity index (χ2n) is 5.72. The maximum atomic E-state index is 11.1. The minimum atomic E-state index is -0.417. The molecular weight excluding hydrogens is 242 g/mol. The number of hydrogen-bond acceptors (Lipinski definition) is 4. The highest BCUT2D eigenvalue weighted by atomic mass is 16.4. The van der Waals surface area contributed by atoms with Gasteiger partial charge in [0.05, 0.1) is 5.52 Å². The predicted octanol–water partition coefficient (Wildman–Crippen LogP) is 1.34. The zero-order chi connectivity index (χ0) is 14.0. The maximum absolute atomic E-state index is 11.1. The fraction of sp³-hybridized carbons (Fsp3) is 0.500. The van der Waals surface area contributed by atoms with Crippen LogP contribution in [0.1, 0.15) is 26.3 Å². The van der Waals surface area contributed by atoms with Crippen LogP contribution in [0.4, 0.5) is 0 Å². The minimum Gasteiger partial charge on any atom is -0.408 e. The predicted molar refractivity (Wildman–Crippen MR) is 76.4 cm³/mol. The molecule has 4 N–H and O–H groups in total. The van der Waals surface area contributed by atoms with Crippen LogP contribution in [0.25, 0.3) is 11.1 Å². The molecule has 0 saturated heterocycles. The van der Waals surface area contributed by atoms with Crippen LogP contribution in [0.15, 0.2) is 27.4 Å². The van der Waals surface area contributed by atoms with Crippen molar-refractivity contribution in [1.82, 2.24) is 10.3 Å². The molecule has 0 bridgehead atoms. The summed E-state index contributed by atoms with van der Waals surface area (Å²) in [5, 5.41) is 3.35. The van der Waals surface area contributed by atoms with E-state index in [4.69, 9.17) is 10.2 Å². The van der Waals surface area contributed by atoms with E-state index in [9.17, 15) is 4.79 Å². The third-order valence-electron chi connectivity index (χ3n) is 3.24. The normalized spacial score (nSPS) is 13.9. The molecule has 1 atom stereocenters. The molecule has 0 spiro atoms. The first-order valence-electron chi connectivity index (χ1n) is 6.48. The molecule has 0 aliphatic carbocycles. The van der Waals surface area contributed by atoms with Crippen LogP contribution in [0, 0.1) is 0 Å². The molecule has 104 valence electrons. The molecule has 2 rings (SSSR count). The van der Waals surface area contributed by atoms with Gasteiger partial charge in [-0.15, -0.1) is 0 Å². The second-order valence-corrected chi connectivity index (χ2v) is 5.72. The summed E-state index contributed by atoms with van der Waals surface area (Å²) >= 11 is 0. The van der Waals surface area contributed by atoms with Crippen molar-refractivity contribution in [3.8, 4) is 0 Å². The molecule has 2 aromatic rings. The summed E-state index contributed by atoms with van der Waals surface area (Å²) in [6, 6.07) is 5.95. The Morgan fingerprint density at radius 3 is 2.89 bits per heavy atom. The van der Waals surface area contributed by atoms with Crippen LogP contribution >= 0.6 is 0 Å². The second kappa shape index (κ2) is 5.19. The monoisotopic (exact) mass is 263 g/mol. The molecule has 5 nitrogen and oxygen atoms in total. The van der Waals surface area contributed by atoms with Gasteiger partial charge in [-0.1, -0.05) is 19.9 Å². The number of nitrogens with one attached hydrogen (secondary N) is 2. The Bertz CT molecular complexity index is 610. The van der Waals surface area contributed by atoms with Gasteiger partial charge in [-0.05, 0) is 24.6 Å². The van der Waals surface area contributed by atoms with Gasteiger partial charge in [-0.25, -0.2) is 4.79 Å². The Kier molecular flexibility index (Phi) is 3.78. The molecule has 0 aliphatic heterocycles. The quantitative estimate of drug-likeness (QED) is 0.760. The lowest BCUT2D eigenvalue weighted by Gasteiger charge is -2.26. The SMILES string of the molecule is CC(N)CNCC(C)(C)c1ccc2[nH]c(=O)oc2c1. The summed E-state index contributed by atoms with van der Waals surface area (Å²) in [5.41, 5.74) is 8.12. The Labute approximate surface area is 112 Å². The summed E-state index contributed by atoms with van der Waals surface area (Å²) in [5.74, 6) is -0.417. The Hall–Kier alpha value is -1.59. The number of H-pyrrole nitrogens is 1. The number of aromatic nitrogens is 1. The van der Waals surface area contributed by atoms with Gasteiger partial charge >= 0.3 is 5.76 Å². The fourth-order valence-corrected chi connectivity index (χ4v) is 2.08. The molecule has 0 radical (unpaired) electrons. The average Bonchev–Trinajstić information content (AvgIpc) is 2.67. The van der Waals surface area contributed by atoms with Crippen molar-refractivity contribution in [3.63, 3.8) is 0 Å². The summed E-state index contributed by atoms with van der Waals surface area (Å²) in [7, 11) is 0. The highest BCUT2D eigenvalue weighted by Crippen LogP contribution is 2.25. The first kappa shape index (κ1) is 13.8. The molecule has 1 aromatic carbocycles. The third kappa shape index (κ3) is 3.24. The van der Waals surface area contributed by atoms with Gasteiger partial charge in [0.15, 0.2) is 5.58 Å². The summed E-state index contributed by atoms with van der Waals surface area (Å²) in [6.45, 7) is 7.86. The van der Waals surface area contributed by atoms with E-state index in [-0.39, 0.29) is 11.5 Å². The van der Waals surface area contributed by atoms with Crippen LogP contribution in [0.5, 0.6) is 0 Å². The Morgan fingerprint density at radius 2 is 2.21 bits per heavy atom. The van der Waals surface area contributed by atoms with E-state index in [1.807, 2.05) is 25.1 Å². The van der Waals surface area contributed by atoms with Crippen molar-refractivity contribution in [3.05, 3.63) is 34.3 Å². The molecule has 0 fully saturated rings. The number of fused-ring (bicyclic) bond motifs is 1. The lowest BCUT2D eigenvalue weighted by atomic mass is 9.84. The molecule has 0 saturated carbocycles. The molecule has 5 heteroatoms. The highest BCUT2D eigenvalue weighted by Gasteiger charge is 2.21. The van der Waals surface area contributed by atoms with E-state index in [1.165, 1.54) is 0 Å². The number of aromatic amines is 1. The van der Waals surface area contributed by atoms with E-state index < -0.39 is 5.76 Å². The van der Waals surface area contributed by atoms with E-state index in [0.29, 0.717) is 5.58 Å². The number of hydrogen-bond donors (Lipinski definition) is 3. The van der Waals surface area contributed by atoms with E-state index in [0.717, 1.165) is 24.2 Å². The van der Waals surface area contributed by atoms with Crippen LogP contribution < -0.4 is 16.8 Å². The maximum Gasteiger partial charge on any atom is 0.417 e. The van der Waals surface area contributed by atoms with Gasteiger partial charge in [-0.2, -0.15) is 0 Å². The Balaban J connectivity index is 2.19. The standard InChI is InChI=1S/C14H21N3O2/c1-9(15)7-16-8-14(2,3)10-4-5-11-12(6-10)19-13(18)17-11/h4-6,9,16H,7-8,15H2,1-3H3,(H,17,18). The molecule has 0 amide bonds. The van der Waals surface area contributed by atoms with Crippen molar-refractivity contribution in [2.45, 2.75) is 32.2 Å². The minimum absolute atomic E-state index is 0.0566. The van der Waals surface area contributed by atoms with E-state index in [2.05, 4.69) is 24.1 Å². The molecule has 1 unspecified atom stereocenters. The zero-order valence-electron chi connectivity index (χ0n) is 11.6. The first-order chi connectivity index (χ1) is 8.88. The third-order valence-corrected chi connectivity index (χ3v) is 3.24. The Morgan fingerprint density at radius 1 is 1.47 bits per heavy atom. The van der Waals surface area contributed by atoms with Crippen molar-refractivity contribution in [2.75, 3.05) is 13.1 Å². The molecule has 1 heterocycles. The van der Waals surface area contributed by atoms with Crippen LogP contribution in [-0.4, -0.2) is 24.1 Å². The first-order valence-corrected chi connectivity index (χ1v) is 6.48. The van der Waals surface area contributed by atoms with Gasteiger partial charge in [0.1, 0.15) is 0 Å².